The molecule has 1 amide bonds. The largest absolute Gasteiger partial charge is 0.337 e. The van der Waals surface area contributed by atoms with E-state index >= 15 is 0 Å². The monoisotopic (exact) mass is 299 g/mol. The Morgan fingerprint density at radius 1 is 1.18 bits per heavy atom. The first kappa shape index (κ1) is 16.5. The molecule has 0 aliphatic carbocycles. The van der Waals surface area contributed by atoms with Crippen molar-refractivity contribution >= 4 is 5.91 Å². The SMILES string of the molecule is CCC#CCN1CCCN(C(=O)c2ccc(C)nc2C)CC1. The maximum Gasteiger partial charge on any atom is 0.255 e. The summed E-state index contributed by atoms with van der Waals surface area (Å²) in [7, 11) is 0. The second-order valence-electron chi connectivity index (χ2n) is 5.71. The normalized spacial score (nSPS) is 15.9. The third-order valence-electron chi connectivity index (χ3n) is 3.94. The van der Waals surface area contributed by atoms with E-state index in [-0.39, 0.29) is 5.91 Å². The number of rotatable bonds is 2. The number of hydrogen-bond donors (Lipinski definition) is 0. The van der Waals surface area contributed by atoms with E-state index in [1.165, 1.54) is 0 Å². The zero-order chi connectivity index (χ0) is 15.9. The van der Waals surface area contributed by atoms with Crippen molar-refractivity contribution in [1.29, 1.82) is 0 Å². The van der Waals surface area contributed by atoms with Crippen molar-refractivity contribution in [2.45, 2.75) is 33.6 Å². The van der Waals surface area contributed by atoms with Crippen LogP contribution in [-0.4, -0.2) is 53.4 Å². The van der Waals surface area contributed by atoms with Crippen molar-refractivity contribution in [1.82, 2.24) is 14.8 Å². The number of nitrogens with zero attached hydrogens (tertiary/aromatic N) is 3. The number of carbonyl (C=O) groups excluding carboxylic acids is 1. The van der Waals surface area contributed by atoms with Crippen LogP contribution in [-0.2, 0) is 0 Å². The molecule has 0 unspecified atom stereocenters. The molecule has 0 aromatic carbocycles. The summed E-state index contributed by atoms with van der Waals surface area (Å²) in [4.78, 5) is 21.4. The predicted molar refractivity (Wildman–Crippen MR) is 88.7 cm³/mol. The summed E-state index contributed by atoms with van der Waals surface area (Å²) in [5.74, 6) is 6.40. The molecular formula is C18H25N3O. The van der Waals surface area contributed by atoms with Crippen molar-refractivity contribution in [2.75, 3.05) is 32.7 Å². The highest BCUT2D eigenvalue weighted by molar-refractivity contribution is 5.95. The number of carbonyl (C=O) groups is 1. The summed E-state index contributed by atoms with van der Waals surface area (Å²) in [6.45, 7) is 10.2. The van der Waals surface area contributed by atoms with Gasteiger partial charge < -0.3 is 4.90 Å². The van der Waals surface area contributed by atoms with Crippen LogP contribution in [0.5, 0.6) is 0 Å². The van der Waals surface area contributed by atoms with Gasteiger partial charge in [0.2, 0.25) is 0 Å². The Kier molecular flexibility index (Phi) is 5.97. The highest BCUT2D eigenvalue weighted by Crippen LogP contribution is 2.12. The van der Waals surface area contributed by atoms with Crippen LogP contribution >= 0.6 is 0 Å². The molecule has 0 spiro atoms. The smallest absolute Gasteiger partial charge is 0.255 e. The van der Waals surface area contributed by atoms with E-state index in [1.807, 2.05) is 30.9 Å². The summed E-state index contributed by atoms with van der Waals surface area (Å²) >= 11 is 0. The fourth-order valence-electron chi connectivity index (χ4n) is 2.71. The lowest BCUT2D eigenvalue weighted by Gasteiger charge is -2.21. The average Bonchev–Trinajstić information content (AvgIpc) is 2.73. The maximum atomic E-state index is 12.7. The second-order valence-corrected chi connectivity index (χ2v) is 5.71. The predicted octanol–water partition coefficient (Wildman–Crippen LogP) is 2.26. The van der Waals surface area contributed by atoms with Gasteiger partial charge in [-0.05, 0) is 32.4 Å². The van der Waals surface area contributed by atoms with Crippen LogP contribution in [0.4, 0.5) is 0 Å². The van der Waals surface area contributed by atoms with E-state index in [4.69, 9.17) is 0 Å². The molecule has 22 heavy (non-hydrogen) atoms. The number of amides is 1. The van der Waals surface area contributed by atoms with E-state index in [2.05, 4.69) is 28.6 Å². The molecule has 1 aromatic rings. The summed E-state index contributed by atoms with van der Waals surface area (Å²) in [6.07, 6.45) is 1.90. The van der Waals surface area contributed by atoms with Gasteiger partial charge in [0.1, 0.15) is 0 Å². The fraction of sp³-hybridized carbons (Fsp3) is 0.556. The lowest BCUT2D eigenvalue weighted by Crippen LogP contribution is -2.35. The molecule has 1 aliphatic rings. The van der Waals surface area contributed by atoms with E-state index in [1.54, 1.807) is 0 Å². The van der Waals surface area contributed by atoms with Gasteiger partial charge in [0.15, 0.2) is 0 Å². The minimum atomic E-state index is 0.103. The molecule has 1 aromatic heterocycles. The van der Waals surface area contributed by atoms with E-state index in [0.717, 1.165) is 62.5 Å². The van der Waals surface area contributed by atoms with Gasteiger partial charge in [-0.1, -0.05) is 12.8 Å². The first-order valence-electron chi connectivity index (χ1n) is 8.03. The summed E-state index contributed by atoms with van der Waals surface area (Å²) in [5, 5.41) is 0. The Hall–Kier alpha value is -1.86. The van der Waals surface area contributed by atoms with E-state index < -0.39 is 0 Å². The standard InChI is InChI=1S/C18H25N3O/c1-4-5-6-10-20-11-7-12-21(14-13-20)18(22)17-9-8-15(2)19-16(17)3/h8-9H,4,7,10-14H2,1-3H3. The average molecular weight is 299 g/mol. The van der Waals surface area contributed by atoms with Crippen molar-refractivity contribution in [2.24, 2.45) is 0 Å². The number of aryl methyl sites for hydroxylation is 2. The third kappa shape index (κ3) is 4.32. The van der Waals surface area contributed by atoms with Crippen molar-refractivity contribution in [3.8, 4) is 11.8 Å². The molecule has 0 saturated carbocycles. The molecular weight excluding hydrogens is 274 g/mol. The van der Waals surface area contributed by atoms with Crippen molar-refractivity contribution < 1.29 is 4.79 Å². The maximum absolute atomic E-state index is 12.7. The fourth-order valence-corrected chi connectivity index (χ4v) is 2.71. The minimum Gasteiger partial charge on any atom is -0.337 e. The summed E-state index contributed by atoms with van der Waals surface area (Å²) in [5.41, 5.74) is 2.50. The molecule has 2 rings (SSSR count). The van der Waals surface area contributed by atoms with Crippen LogP contribution in [0.3, 0.4) is 0 Å². The van der Waals surface area contributed by atoms with E-state index in [9.17, 15) is 4.79 Å². The Labute approximate surface area is 133 Å². The Balaban J connectivity index is 1.99. The lowest BCUT2D eigenvalue weighted by molar-refractivity contribution is 0.0761. The first-order chi connectivity index (χ1) is 10.6. The quantitative estimate of drug-likeness (QED) is 0.786. The van der Waals surface area contributed by atoms with Gasteiger partial charge in [0.25, 0.3) is 5.91 Å². The molecule has 2 heterocycles. The third-order valence-corrected chi connectivity index (χ3v) is 3.94. The molecule has 0 bridgehead atoms. The van der Waals surface area contributed by atoms with E-state index in [0.29, 0.717) is 0 Å². The molecule has 1 aliphatic heterocycles. The Bertz CT molecular complexity index is 586. The first-order valence-corrected chi connectivity index (χ1v) is 8.03. The molecule has 1 saturated heterocycles. The van der Waals surface area contributed by atoms with Crippen LogP contribution in [0, 0.1) is 25.7 Å². The van der Waals surface area contributed by atoms with Crippen molar-refractivity contribution in [3.05, 3.63) is 29.1 Å². The van der Waals surface area contributed by atoms with Gasteiger partial charge in [-0.2, -0.15) is 0 Å². The van der Waals surface area contributed by atoms with Crippen LogP contribution in [0.2, 0.25) is 0 Å². The molecule has 0 N–H and O–H groups in total. The minimum absolute atomic E-state index is 0.103. The summed E-state index contributed by atoms with van der Waals surface area (Å²) < 4.78 is 0. The number of hydrogen-bond acceptors (Lipinski definition) is 3. The lowest BCUT2D eigenvalue weighted by atomic mass is 10.1. The highest BCUT2D eigenvalue weighted by atomic mass is 16.2. The molecule has 1 fully saturated rings. The second kappa shape index (κ2) is 7.95. The van der Waals surface area contributed by atoms with Crippen LogP contribution in [0.25, 0.3) is 0 Å². The Morgan fingerprint density at radius 2 is 2.00 bits per heavy atom. The molecule has 4 nitrogen and oxygen atoms in total. The van der Waals surface area contributed by atoms with Gasteiger partial charge >= 0.3 is 0 Å². The van der Waals surface area contributed by atoms with Gasteiger partial charge in [0, 0.05) is 38.3 Å². The summed E-state index contributed by atoms with van der Waals surface area (Å²) in [6, 6.07) is 3.81. The topological polar surface area (TPSA) is 36.4 Å². The van der Waals surface area contributed by atoms with Crippen LogP contribution in [0.1, 0.15) is 41.5 Å². The molecule has 0 atom stereocenters. The van der Waals surface area contributed by atoms with Gasteiger partial charge in [-0.3, -0.25) is 14.7 Å². The molecule has 0 radical (unpaired) electrons. The highest BCUT2D eigenvalue weighted by Gasteiger charge is 2.21. The molecule has 118 valence electrons. The molecule has 4 heteroatoms. The number of aromatic nitrogens is 1. The zero-order valence-corrected chi connectivity index (χ0v) is 13.9. The Morgan fingerprint density at radius 3 is 2.73 bits per heavy atom. The zero-order valence-electron chi connectivity index (χ0n) is 13.9. The van der Waals surface area contributed by atoms with Gasteiger partial charge in [0.05, 0.1) is 17.8 Å². The van der Waals surface area contributed by atoms with Gasteiger partial charge in [-0.25, -0.2) is 0 Å². The van der Waals surface area contributed by atoms with Gasteiger partial charge in [-0.15, -0.1) is 5.92 Å². The van der Waals surface area contributed by atoms with Crippen LogP contribution < -0.4 is 0 Å². The number of pyridine rings is 1. The van der Waals surface area contributed by atoms with Crippen LogP contribution in [0.15, 0.2) is 12.1 Å². The van der Waals surface area contributed by atoms with Crippen molar-refractivity contribution in [3.63, 3.8) is 0 Å².